The van der Waals surface area contributed by atoms with E-state index in [1.54, 1.807) is 11.3 Å². The fourth-order valence-corrected chi connectivity index (χ4v) is 4.82. The van der Waals surface area contributed by atoms with Crippen LogP contribution in [0.4, 0.5) is 24.9 Å². The molecule has 3 heterocycles. The summed E-state index contributed by atoms with van der Waals surface area (Å²) in [7, 11) is 3.79. The Morgan fingerprint density at radius 2 is 1.97 bits per heavy atom. The SMILES string of the molecule is Cc1cc2nc(NC3CN(C(=O)Cc4ccc(OC(F)(F)F)cc4)CC3O)nc(N(C)C)c2s1. The number of amides is 1. The zero-order chi connectivity index (χ0) is 24.6. The highest BCUT2D eigenvalue weighted by molar-refractivity contribution is 7.19. The van der Waals surface area contributed by atoms with Crippen LogP contribution in [-0.4, -0.2) is 71.6 Å². The summed E-state index contributed by atoms with van der Waals surface area (Å²) in [6.07, 6.45) is -5.60. The van der Waals surface area contributed by atoms with Gasteiger partial charge in [-0.1, -0.05) is 12.1 Å². The maximum atomic E-state index is 12.7. The minimum atomic E-state index is -4.77. The van der Waals surface area contributed by atoms with Crippen LogP contribution in [0.2, 0.25) is 0 Å². The van der Waals surface area contributed by atoms with Gasteiger partial charge in [-0.05, 0) is 30.7 Å². The molecule has 2 N–H and O–H groups in total. The second kappa shape index (κ2) is 9.26. The van der Waals surface area contributed by atoms with E-state index in [9.17, 15) is 23.1 Å². The zero-order valence-corrected chi connectivity index (χ0v) is 19.6. The van der Waals surface area contributed by atoms with Gasteiger partial charge >= 0.3 is 6.36 Å². The van der Waals surface area contributed by atoms with Gasteiger partial charge in [0.15, 0.2) is 5.82 Å². The first-order chi connectivity index (χ1) is 16.0. The molecule has 34 heavy (non-hydrogen) atoms. The summed E-state index contributed by atoms with van der Waals surface area (Å²) >= 11 is 1.61. The first-order valence-corrected chi connectivity index (χ1v) is 11.3. The van der Waals surface area contributed by atoms with Gasteiger partial charge < -0.3 is 25.0 Å². The molecule has 12 heteroatoms. The average Bonchev–Trinajstić information content (AvgIpc) is 3.29. The molecule has 8 nitrogen and oxygen atoms in total. The highest BCUT2D eigenvalue weighted by Crippen LogP contribution is 2.32. The van der Waals surface area contributed by atoms with Gasteiger partial charge in [-0.15, -0.1) is 24.5 Å². The van der Waals surface area contributed by atoms with Crippen LogP contribution in [0.1, 0.15) is 10.4 Å². The zero-order valence-electron chi connectivity index (χ0n) is 18.8. The Kier molecular flexibility index (Phi) is 6.54. The number of hydrogen-bond donors (Lipinski definition) is 2. The molecular weight excluding hydrogens is 471 g/mol. The van der Waals surface area contributed by atoms with Gasteiger partial charge in [-0.25, -0.2) is 4.98 Å². The largest absolute Gasteiger partial charge is 0.573 e. The van der Waals surface area contributed by atoms with Crippen LogP contribution >= 0.6 is 11.3 Å². The van der Waals surface area contributed by atoms with Gasteiger partial charge in [0.05, 0.1) is 28.8 Å². The van der Waals surface area contributed by atoms with Crippen molar-refractivity contribution in [3.63, 3.8) is 0 Å². The first-order valence-electron chi connectivity index (χ1n) is 10.5. The topological polar surface area (TPSA) is 90.8 Å². The molecule has 1 aliphatic heterocycles. The van der Waals surface area contributed by atoms with Crippen molar-refractivity contribution in [3.05, 3.63) is 40.8 Å². The van der Waals surface area contributed by atoms with E-state index in [0.717, 1.165) is 20.9 Å². The molecule has 0 bridgehead atoms. The van der Waals surface area contributed by atoms with E-state index < -0.39 is 18.5 Å². The summed E-state index contributed by atoms with van der Waals surface area (Å²) in [5, 5.41) is 13.7. The minimum absolute atomic E-state index is 0.00679. The van der Waals surface area contributed by atoms with Crippen LogP contribution in [0, 0.1) is 6.92 Å². The Hall–Kier alpha value is -3.12. The van der Waals surface area contributed by atoms with Crippen LogP contribution in [0.25, 0.3) is 10.2 Å². The van der Waals surface area contributed by atoms with Gasteiger partial charge in [-0.2, -0.15) is 4.98 Å². The van der Waals surface area contributed by atoms with Crippen molar-refractivity contribution in [2.75, 3.05) is 37.4 Å². The molecule has 1 aromatic carbocycles. The fraction of sp³-hybridized carbons (Fsp3) is 0.409. The number of aryl methyl sites for hydroxylation is 1. The molecule has 2 unspecified atom stereocenters. The number of alkyl halides is 3. The maximum Gasteiger partial charge on any atom is 0.573 e. The predicted molar refractivity (Wildman–Crippen MR) is 123 cm³/mol. The normalized spacial score (nSPS) is 18.4. The van der Waals surface area contributed by atoms with E-state index >= 15 is 0 Å². The van der Waals surface area contributed by atoms with Gasteiger partial charge in [0.25, 0.3) is 0 Å². The quantitative estimate of drug-likeness (QED) is 0.543. The van der Waals surface area contributed by atoms with E-state index in [4.69, 9.17) is 0 Å². The van der Waals surface area contributed by atoms with Gasteiger partial charge in [0.2, 0.25) is 11.9 Å². The number of anilines is 2. The summed E-state index contributed by atoms with van der Waals surface area (Å²) in [4.78, 5) is 26.4. The predicted octanol–water partition coefficient (Wildman–Crippen LogP) is 3.19. The van der Waals surface area contributed by atoms with Crippen LogP contribution in [0.15, 0.2) is 30.3 Å². The molecule has 2 aromatic heterocycles. The molecule has 1 aliphatic rings. The number of likely N-dealkylation sites (tertiary alicyclic amines) is 1. The van der Waals surface area contributed by atoms with E-state index in [1.165, 1.54) is 29.2 Å². The number of carbonyl (C=O) groups is 1. The lowest BCUT2D eigenvalue weighted by Gasteiger charge is -2.19. The number of thiophene rings is 1. The van der Waals surface area contributed by atoms with Crippen molar-refractivity contribution in [2.45, 2.75) is 31.9 Å². The minimum Gasteiger partial charge on any atom is -0.406 e. The molecule has 1 saturated heterocycles. The molecule has 1 amide bonds. The number of aromatic nitrogens is 2. The molecule has 4 rings (SSSR count). The fourth-order valence-electron chi connectivity index (χ4n) is 3.80. The number of hydrogen-bond acceptors (Lipinski definition) is 8. The number of fused-ring (bicyclic) bond motifs is 1. The highest BCUT2D eigenvalue weighted by Gasteiger charge is 2.35. The Morgan fingerprint density at radius 1 is 1.26 bits per heavy atom. The molecule has 0 aliphatic carbocycles. The average molecular weight is 496 g/mol. The number of halogens is 3. The molecule has 2 atom stereocenters. The number of β-amino-alcohol motifs (C(OH)–C–C–N with tert-alkyl or cyclic N) is 1. The third-order valence-corrected chi connectivity index (χ3v) is 6.40. The van der Waals surface area contributed by atoms with Gasteiger partial charge in [0.1, 0.15) is 5.75 Å². The van der Waals surface area contributed by atoms with Crippen LogP contribution in [-0.2, 0) is 11.2 Å². The van der Waals surface area contributed by atoms with Crippen molar-refractivity contribution >= 4 is 39.2 Å². The van der Waals surface area contributed by atoms with E-state index in [2.05, 4.69) is 20.0 Å². The third-order valence-electron chi connectivity index (χ3n) is 5.37. The smallest absolute Gasteiger partial charge is 0.406 e. The number of aliphatic hydroxyl groups excluding tert-OH is 1. The molecule has 0 radical (unpaired) electrons. The Balaban J connectivity index is 1.41. The van der Waals surface area contributed by atoms with E-state index in [0.29, 0.717) is 11.5 Å². The van der Waals surface area contributed by atoms with Crippen molar-refractivity contribution in [2.24, 2.45) is 0 Å². The summed E-state index contributed by atoms with van der Waals surface area (Å²) < 4.78 is 41.7. The van der Waals surface area contributed by atoms with Gasteiger partial charge in [0, 0.05) is 32.1 Å². The Morgan fingerprint density at radius 3 is 2.62 bits per heavy atom. The van der Waals surface area contributed by atoms with E-state index in [1.807, 2.05) is 32.0 Å². The van der Waals surface area contributed by atoms with Crippen molar-refractivity contribution in [1.82, 2.24) is 14.9 Å². The summed E-state index contributed by atoms with van der Waals surface area (Å²) in [6.45, 7) is 2.38. The van der Waals surface area contributed by atoms with Crippen molar-refractivity contribution in [3.8, 4) is 5.75 Å². The van der Waals surface area contributed by atoms with Gasteiger partial charge in [-0.3, -0.25) is 4.79 Å². The summed E-state index contributed by atoms with van der Waals surface area (Å²) in [6, 6.07) is 6.68. The Labute approximate surface area is 198 Å². The molecule has 0 spiro atoms. The Bertz CT molecular complexity index is 1180. The number of nitrogens with one attached hydrogen (secondary N) is 1. The first kappa shape index (κ1) is 24.0. The van der Waals surface area contributed by atoms with Crippen molar-refractivity contribution in [1.29, 1.82) is 0 Å². The molecule has 182 valence electrons. The van der Waals surface area contributed by atoms with E-state index in [-0.39, 0.29) is 31.2 Å². The molecular formula is C22H24F3N5O3S. The number of ether oxygens (including phenoxy) is 1. The number of aliphatic hydroxyl groups is 1. The summed E-state index contributed by atoms with van der Waals surface area (Å²) in [5.74, 6) is 0.544. The number of benzene rings is 1. The second-order valence-corrected chi connectivity index (χ2v) is 9.58. The number of nitrogens with zero attached hydrogens (tertiary/aromatic N) is 4. The monoisotopic (exact) mass is 495 g/mol. The van der Waals surface area contributed by atoms with Crippen LogP contribution < -0.4 is 15.0 Å². The third kappa shape index (κ3) is 5.50. The maximum absolute atomic E-state index is 12.7. The second-order valence-electron chi connectivity index (χ2n) is 8.32. The number of rotatable bonds is 6. The van der Waals surface area contributed by atoms with Crippen LogP contribution in [0.5, 0.6) is 5.75 Å². The molecule has 3 aromatic rings. The summed E-state index contributed by atoms with van der Waals surface area (Å²) in [5.41, 5.74) is 1.35. The lowest BCUT2D eigenvalue weighted by atomic mass is 10.1. The van der Waals surface area contributed by atoms with Crippen molar-refractivity contribution < 1.29 is 27.8 Å². The lowest BCUT2D eigenvalue weighted by Crippen LogP contribution is -2.34. The highest BCUT2D eigenvalue weighted by atomic mass is 32.1. The van der Waals surface area contributed by atoms with Crippen LogP contribution in [0.3, 0.4) is 0 Å². The molecule has 0 saturated carbocycles. The molecule has 1 fully saturated rings. The standard InChI is InChI=1S/C22H24F3N5O3S/c1-12-8-15-19(34-12)20(29(2)3)28-21(26-15)27-16-10-30(11-17(16)31)18(32)9-13-4-6-14(7-5-13)33-22(23,24)25/h4-8,16-17,31H,9-11H2,1-3H3,(H,26,27,28). The number of carbonyl (C=O) groups excluding carboxylic acids is 1. The lowest BCUT2D eigenvalue weighted by molar-refractivity contribution is -0.274.